The van der Waals surface area contributed by atoms with Gasteiger partial charge in [0, 0.05) is 13.1 Å². The van der Waals surface area contributed by atoms with E-state index in [1.165, 1.54) is 13.2 Å². The molecule has 1 rings (SSSR count). The third-order valence-corrected chi connectivity index (χ3v) is 2.48. The molecule has 5 heteroatoms. The summed E-state index contributed by atoms with van der Waals surface area (Å²) in [6.45, 7) is 5.66. The Morgan fingerprint density at radius 3 is 2.56 bits per heavy atom. The molecule has 0 saturated heterocycles. The van der Waals surface area contributed by atoms with Crippen LogP contribution < -0.4 is 4.90 Å². The lowest BCUT2D eigenvalue weighted by atomic mass is 10.2. The van der Waals surface area contributed by atoms with Gasteiger partial charge in [0.05, 0.1) is 12.7 Å². The summed E-state index contributed by atoms with van der Waals surface area (Å²) < 4.78 is 4.65. The van der Waals surface area contributed by atoms with E-state index in [4.69, 9.17) is 11.6 Å². The van der Waals surface area contributed by atoms with Crippen molar-refractivity contribution in [1.29, 1.82) is 0 Å². The van der Waals surface area contributed by atoms with E-state index in [-0.39, 0.29) is 0 Å². The second-order valence-electron chi connectivity index (χ2n) is 3.20. The number of carbonyl (C=O) groups excluding carboxylic acids is 1. The molecule has 0 bridgehead atoms. The highest BCUT2D eigenvalue weighted by Crippen LogP contribution is 2.18. The van der Waals surface area contributed by atoms with Crippen molar-refractivity contribution in [2.45, 2.75) is 13.8 Å². The number of pyridine rings is 1. The molecule has 0 saturated carbocycles. The summed E-state index contributed by atoms with van der Waals surface area (Å²) in [6, 6.07) is 3.19. The molecular formula is C11H15ClN2O2. The third kappa shape index (κ3) is 2.85. The van der Waals surface area contributed by atoms with Gasteiger partial charge in [-0.25, -0.2) is 9.78 Å². The Labute approximate surface area is 100 Å². The lowest BCUT2D eigenvalue weighted by molar-refractivity contribution is 0.0600. The van der Waals surface area contributed by atoms with Crippen molar-refractivity contribution in [3.05, 3.63) is 22.8 Å². The van der Waals surface area contributed by atoms with Crippen molar-refractivity contribution < 1.29 is 9.53 Å². The van der Waals surface area contributed by atoms with Gasteiger partial charge in [-0.2, -0.15) is 0 Å². The fourth-order valence-electron chi connectivity index (χ4n) is 1.43. The Morgan fingerprint density at radius 1 is 1.44 bits per heavy atom. The number of aromatic nitrogens is 1. The quantitative estimate of drug-likeness (QED) is 0.601. The Bertz CT molecular complexity index is 378. The molecule has 0 aliphatic carbocycles. The molecule has 0 aliphatic heterocycles. The summed E-state index contributed by atoms with van der Waals surface area (Å²) >= 11 is 5.86. The first kappa shape index (κ1) is 12.8. The minimum atomic E-state index is -0.405. The lowest BCUT2D eigenvalue weighted by Crippen LogP contribution is -2.23. The number of esters is 1. The molecule has 88 valence electrons. The van der Waals surface area contributed by atoms with Gasteiger partial charge in [0.1, 0.15) is 11.0 Å². The molecule has 0 aromatic carbocycles. The molecule has 0 fully saturated rings. The Morgan fingerprint density at radius 2 is 2.06 bits per heavy atom. The molecular weight excluding hydrogens is 228 g/mol. The number of halogens is 1. The van der Waals surface area contributed by atoms with E-state index in [1.807, 2.05) is 18.7 Å². The topological polar surface area (TPSA) is 42.4 Å². The van der Waals surface area contributed by atoms with Crippen LogP contribution >= 0.6 is 11.6 Å². The van der Waals surface area contributed by atoms with Crippen molar-refractivity contribution in [1.82, 2.24) is 4.98 Å². The number of carbonyl (C=O) groups is 1. The second-order valence-corrected chi connectivity index (χ2v) is 3.59. The molecule has 4 nitrogen and oxygen atoms in total. The maximum atomic E-state index is 11.4. The van der Waals surface area contributed by atoms with Crippen LogP contribution in [0.3, 0.4) is 0 Å². The minimum Gasteiger partial charge on any atom is -0.465 e. The van der Waals surface area contributed by atoms with E-state index in [1.54, 1.807) is 6.07 Å². The number of rotatable bonds is 4. The van der Waals surface area contributed by atoms with Gasteiger partial charge in [-0.15, -0.1) is 0 Å². The highest BCUT2D eigenvalue weighted by Gasteiger charge is 2.12. The van der Waals surface area contributed by atoms with Gasteiger partial charge in [-0.05, 0) is 26.0 Å². The molecule has 0 radical (unpaired) electrons. The Balaban J connectivity index is 3.11. The summed E-state index contributed by atoms with van der Waals surface area (Å²) in [5, 5.41) is 0.296. The van der Waals surface area contributed by atoms with Crippen LogP contribution in [0.1, 0.15) is 24.2 Å². The number of hydrogen-bond donors (Lipinski definition) is 0. The highest BCUT2D eigenvalue weighted by molar-refractivity contribution is 6.29. The van der Waals surface area contributed by atoms with Crippen LogP contribution in [-0.2, 0) is 4.74 Å². The zero-order valence-corrected chi connectivity index (χ0v) is 10.4. The zero-order valence-electron chi connectivity index (χ0n) is 9.66. The third-order valence-electron chi connectivity index (χ3n) is 2.29. The van der Waals surface area contributed by atoms with Gasteiger partial charge in [-0.3, -0.25) is 0 Å². The summed E-state index contributed by atoms with van der Waals surface area (Å²) in [5.74, 6) is 0.288. The first-order valence-corrected chi connectivity index (χ1v) is 5.51. The van der Waals surface area contributed by atoms with Crippen LogP contribution in [0, 0.1) is 0 Å². The number of ether oxygens (including phenoxy) is 1. The summed E-state index contributed by atoms with van der Waals surface area (Å²) in [5.41, 5.74) is 0.421. The average molecular weight is 243 g/mol. The van der Waals surface area contributed by atoms with Crippen LogP contribution in [0.15, 0.2) is 12.1 Å². The number of methoxy groups -OCH3 is 1. The van der Waals surface area contributed by atoms with E-state index in [9.17, 15) is 4.79 Å². The van der Waals surface area contributed by atoms with E-state index in [0.29, 0.717) is 16.5 Å². The Hall–Kier alpha value is -1.29. The fraction of sp³-hybridized carbons (Fsp3) is 0.455. The number of anilines is 1. The predicted octanol–water partition coefficient (Wildman–Crippen LogP) is 2.37. The standard InChI is InChI=1S/C11H15ClN2O2/c1-4-14(5-2)10-7-8(11(15)16-3)6-9(12)13-10/h6-7H,4-5H2,1-3H3. The molecule has 0 spiro atoms. The number of hydrogen-bond acceptors (Lipinski definition) is 4. The molecule has 0 N–H and O–H groups in total. The molecule has 0 aliphatic rings. The predicted molar refractivity (Wildman–Crippen MR) is 64.1 cm³/mol. The summed E-state index contributed by atoms with van der Waals surface area (Å²) in [7, 11) is 1.34. The second kappa shape index (κ2) is 5.70. The summed E-state index contributed by atoms with van der Waals surface area (Å²) in [4.78, 5) is 17.6. The van der Waals surface area contributed by atoms with Crippen LogP contribution in [0.5, 0.6) is 0 Å². The SMILES string of the molecule is CCN(CC)c1cc(C(=O)OC)cc(Cl)n1. The molecule has 0 amide bonds. The van der Waals surface area contributed by atoms with Crippen LogP contribution in [0.2, 0.25) is 5.15 Å². The molecule has 0 atom stereocenters. The van der Waals surface area contributed by atoms with Gasteiger partial charge < -0.3 is 9.64 Å². The minimum absolute atomic E-state index is 0.296. The zero-order chi connectivity index (χ0) is 12.1. The van der Waals surface area contributed by atoms with Crippen molar-refractivity contribution >= 4 is 23.4 Å². The average Bonchev–Trinajstić information content (AvgIpc) is 2.29. The largest absolute Gasteiger partial charge is 0.465 e. The molecule has 1 aromatic rings. The van der Waals surface area contributed by atoms with Gasteiger partial charge in [0.15, 0.2) is 0 Å². The maximum absolute atomic E-state index is 11.4. The van der Waals surface area contributed by atoms with Crippen LogP contribution in [0.4, 0.5) is 5.82 Å². The monoisotopic (exact) mass is 242 g/mol. The number of nitrogens with zero attached hydrogens (tertiary/aromatic N) is 2. The van der Waals surface area contributed by atoms with Crippen molar-refractivity contribution in [3.8, 4) is 0 Å². The van der Waals surface area contributed by atoms with E-state index in [2.05, 4.69) is 9.72 Å². The van der Waals surface area contributed by atoms with E-state index >= 15 is 0 Å². The van der Waals surface area contributed by atoms with Crippen molar-refractivity contribution in [3.63, 3.8) is 0 Å². The molecule has 0 unspecified atom stereocenters. The van der Waals surface area contributed by atoms with E-state index < -0.39 is 5.97 Å². The molecule has 1 heterocycles. The van der Waals surface area contributed by atoms with Crippen molar-refractivity contribution in [2.75, 3.05) is 25.1 Å². The van der Waals surface area contributed by atoms with E-state index in [0.717, 1.165) is 13.1 Å². The Kier molecular flexibility index (Phi) is 4.55. The van der Waals surface area contributed by atoms with Gasteiger partial charge in [0.25, 0.3) is 0 Å². The lowest BCUT2D eigenvalue weighted by Gasteiger charge is -2.20. The summed E-state index contributed by atoms with van der Waals surface area (Å²) in [6.07, 6.45) is 0. The van der Waals surface area contributed by atoms with Crippen LogP contribution in [-0.4, -0.2) is 31.2 Å². The molecule has 1 aromatic heterocycles. The van der Waals surface area contributed by atoms with Gasteiger partial charge in [0.2, 0.25) is 0 Å². The maximum Gasteiger partial charge on any atom is 0.338 e. The van der Waals surface area contributed by atoms with Crippen molar-refractivity contribution in [2.24, 2.45) is 0 Å². The highest BCUT2D eigenvalue weighted by atomic mass is 35.5. The van der Waals surface area contributed by atoms with Gasteiger partial charge in [-0.1, -0.05) is 11.6 Å². The normalized spacial score (nSPS) is 10.0. The van der Waals surface area contributed by atoms with Crippen LogP contribution in [0.25, 0.3) is 0 Å². The van der Waals surface area contributed by atoms with Gasteiger partial charge >= 0.3 is 5.97 Å². The molecule has 16 heavy (non-hydrogen) atoms. The first-order valence-electron chi connectivity index (χ1n) is 5.13. The fourth-order valence-corrected chi connectivity index (χ4v) is 1.63. The first-order chi connectivity index (χ1) is 7.62. The smallest absolute Gasteiger partial charge is 0.338 e.